The van der Waals surface area contributed by atoms with Crippen LogP contribution in [-0.4, -0.2) is 66.6 Å². The molecule has 2 saturated heterocycles. The van der Waals surface area contributed by atoms with Crippen molar-refractivity contribution < 1.29 is 27.9 Å². The van der Waals surface area contributed by atoms with E-state index in [-0.39, 0.29) is 22.8 Å². The maximum atomic E-state index is 12.1. The van der Waals surface area contributed by atoms with Gasteiger partial charge in [-0.15, -0.1) is 0 Å². The Bertz CT molecular complexity index is 892. The van der Waals surface area contributed by atoms with E-state index >= 15 is 0 Å². The van der Waals surface area contributed by atoms with Crippen molar-refractivity contribution in [2.45, 2.75) is 25.1 Å². The van der Waals surface area contributed by atoms with Gasteiger partial charge in [0.2, 0.25) is 0 Å². The summed E-state index contributed by atoms with van der Waals surface area (Å²) in [6.07, 6.45) is 0. The van der Waals surface area contributed by atoms with Crippen molar-refractivity contribution in [3.05, 3.63) is 29.3 Å². The first-order valence-electron chi connectivity index (χ1n) is 8.30. The van der Waals surface area contributed by atoms with Gasteiger partial charge in [0.25, 0.3) is 5.91 Å². The lowest BCUT2D eigenvalue weighted by atomic mass is 10.1. The number of aliphatic carboxylic acids is 1. The number of hydrogen-bond acceptors (Lipinski definition) is 6. The predicted octanol–water partition coefficient (Wildman–Crippen LogP) is 1.01. The highest BCUT2D eigenvalue weighted by atomic mass is 32.2. The topological polar surface area (TPSA) is 113 Å². The van der Waals surface area contributed by atoms with E-state index in [2.05, 4.69) is 4.99 Å². The quantitative estimate of drug-likeness (QED) is 0.762. The molecule has 2 fully saturated rings. The molecule has 0 spiro atoms. The zero-order valence-corrected chi connectivity index (χ0v) is 16.5. The van der Waals surface area contributed by atoms with Gasteiger partial charge in [-0.1, -0.05) is 17.8 Å². The molecule has 1 aromatic rings. The number of benzene rings is 1. The van der Waals surface area contributed by atoms with Crippen LogP contribution < -0.4 is 4.90 Å². The number of carbonyl (C=O) groups is 2. The highest BCUT2D eigenvalue weighted by molar-refractivity contribution is 8.16. The number of amidine groups is 1. The largest absolute Gasteiger partial charge is 0.480 e. The Kier molecular flexibility index (Phi) is 5.59. The Labute approximate surface area is 161 Å². The zero-order chi connectivity index (χ0) is 19.8. The Morgan fingerprint density at radius 1 is 1.22 bits per heavy atom. The number of hydrogen-bond donors (Lipinski definition) is 1. The Hall–Kier alpha value is -1.91. The van der Waals surface area contributed by atoms with Gasteiger partial charge in [-0.2, -0.15) is 4.99 Å². The molecule has 1 aromatic carbocycles. The summed E-state index contributed by atoms with van der Waals surface area (Å²) in [5, 5.41) is 8.80. The van der Waals surface area contributed by atoms with Crippen molar-refractivity contribution in [3.63, 3.8) is 0 Å². The molecule has 2 aliphatic heterocycles. The Morgan fingerprint density at radius 3 is 2.52 bits per heavy atom. The molecule has 0 bridgehead atoms. The molecule has 0 aromatic heterocycles. The monoisotopic (exact) mass is 412 g/mol. The van der Waals surface area contributed by atoms with Crippen LogP contribution in [0.3, 0.4) is 0 Å². The molecule has 0 radical (unpaired) electrons. The third-order valence-corrected chi connectivity index (χ3v) is 7.43. The molecule has 8 nitrogen and oxygen atoms in total. The van der Waals surface area contributed by atoms with E-state index in [1.54, 1.807) is 0 Å². The van der Waals surface area contributed by atoms with Crippen molar-refractivity contribution in [2.75, 3.05) is 29.6 Å². The average molecular weight is 412 g/mol. The average Bonchev–Trinajstić information content (AvgIpc) is 2.96. The Balaban J connectivity index is 1.89. The third-order valence-electron chi connectivity index (χ3n) is 4.22. The molecule has 3 rings (SSSR count). The molecule has 1 N–H and O–H groups in total. The fourth-order valence-electron chi connectivity index (χ4n) is 3.32. The number of aliphatic imine (C=N–C) groups is 1. The SMILES string of the molecule is Cc1cc(C)cc(N2C(=NC(=O)COCC(=O)O)S[C@@H]3CS(=O)(=O)C[C@H]32)c1. The summed E-state index contributed by atoms with van der Waals surface area (Å²) in [7, 11) is -3.13. The first-order valence-corrected chi connectivity index (χ1v) is 11.0. The van der Waals surface area contributed by atoms with E-state index in [0.717, 1.165) is 16.8 Å². The van der Waals surface area contributed by atoms with Gasteiger partial charge in [-0.05, 0) is 37.1 Å². The smallest absolute Gasteiger partial charge is 0.329 e. The lowest BCUT2D eigenvalue weighted by molar-refractivity contribution is -0.143. The molecule has 1 amide bonds. The van der Waals surface area contributed by atoms with Gasteiger partial charge in [0.15, 0.2) is 15.0 Å². The highest BCUT2D eigenvalue weighted by Gasteiger charge is 2.49. The summed E-state index contributed by atoms with van der Waals surface area (Å²) in [5.41, 5.74) is 2.84. The normalized spacial score (nSPS) is 25.0. The molecule has 2 aliphatic rings. The van der Waals surface area contributed by atoms with Gasteiger partial charge in [-0.3, -0.25) is 4.79 Å². The number of ether oxygens (including phenoxy) is 1. The van der Waals surface area contributed by atoms with Crippen LogP contribution in [0.2, 0.25) is 0 Å². The summed E-state index contributed by atoms with van der Waals surface area (Å²) in [5.74, 6) is -1.70. The first kappa shape index (κ1) is 19.8. The van der Waals surface area contributed by atoms with Gasteiger partial charge < -0.3 is 14.7 Å². The minimum absolute atomic E-state index is 0.0143. The lowest BCUT2D eigenvalue weighted by Crippen LogP contribution is -2.38. The minimum Gasteiger partial charge on any atom is -0.480 e. The third kappa shape index (κ3) is 4.69. The maximum absolute atomic E-state index is 12.1. The van der Waals surface area contributed by atoms with Crippen molar-refractivity contribution in [1.29, 1.82) is 0 Å². The fourth-order valence-corrected chi connectivity index (χ4v) is 7.25. The second-order valence-electron chi connectivity index (χ2n) is 6.69. The number of anilines is 1. The number of carboxylic acid groups (broad SMARTS) is 1. The molecule has 2 heterocycles. The molecule has 10 heteroatoms. The summed E-state index contributed by atoms with van der Waals surface area (Å²) in [6, 6.07) is 5.59. The van der Waals surface area contributed by atoms with Gasteiger partial charge in [0.05, 0.1) is 17.5 Å². The van der Waals surface area contributed by atoms with Crippen molar-refractivity contribution in [1.82, 2.24) is 0 Å². The second-order valence-corrected chi connectivity index (χ2v) is 10.1. The van der Waals surface area contributed by atoms with E-state index < -0.39 is 34.9 Å². The fraction of sp³-hybridized carbons (Fsp3) is 0.471. The first-order chi connectivity index (χ1) is 12.6. The number of rotatable bonds is 5. The molecular formula is C17H20N2O6S2. The number of amides is 1. The van der Waals surface area contributed by atoms with E-state index in [0.29, 0.717) is 5.17 Å². The molecule has 0 aliphatic carbocycles. The summed E-state index contributed by atoms with van der Waals surface area (Å²) in [6.45, 7) is 2.88. The van der Waals surface area contributed by atoms with Crippen LogP contribution in [0.15, 0.2) is 23.2 Å². The van der Waals surface area contributed by atoms with Crippen LogP contribution in [0.5, 0.6) is 0 Å². The van der Waals surface area contributed by atoms with Gasteiger partial charge in [0.1, 0.15) is 13.2 Å². The van der Waals surface area contributed by atoms with Crippen molar-refractivity contribution in [2.24, 2.45) is 4.99 Å². The van der Waals surface area contributed by atoms with Gasteiger partial charge in [-0.25, -0.2) is 13.2 Å². The van der Waals surface area contributed by atoms with Gasteiger partial charge in [0, 0.05) is 10.9 Å². The molecule has 0 unspecified atom stereocenters. The number of carboxylic acids is 1. The maximum Gasteiger partial charge on any atom is 0.329 e. The zero-order valence-electron chi connectivity index (χ0n) is 14.9. The number of thioether (sulfide) groups is 1. The van der Waals surface area contributed by atoms with Crippen molar-refractivity contribution in [3.8, 4) is 0 Å². The van der Waals surface area contributed by atoms with E-state index in [4.69, 9.17) is 9.84 Å². The van der Waals surface area contributed by atoms with Crippen LogP contribution in [-0.2, 0) is 24.2 Å². The van der Waals surface area contributed by atoms with Crippen LogP contribution >= 0.6 is 11.8 Å². The summed E-state index contributed by atoms with van der Waals surface area (Å²) >= 11 is 1.27. The van der Waals surface area contributed by atoms with E-state index in [9.17, 15) is 18.0 Å². The Morgan fingerprint density at radius 2 is 1.89 bits per heavy atom. The molecule has 2 atom stereocenters. The lowest BCUT2D eigenvalue weighted by Gasteiger charge is -2.25. The number of fused-ring (bicyclic) bond motifs is 1. The summed E-state index contributed by atoms with van der Waals surface area (Å²) in [4.78, 5) is 28.4. The summed E-state index contributed by atoms with van der Waals surface area (Å²) < 4.78 is 28.9. The van der Waals surface area contributed by atoms with Crippen LogP contribution in [0.25, 0.3) is 0 Å². The standard InChI is InChI=1S/C17H20N2O6S2/c1-10-3-11(2)5-12(4-10)19-13-8-27(23,24)9-14(13)26-17(19)18-15(20)6-25-7-16(21)22/h3-5,13-14H,6-9H2,1-2H3,(H,21,22)/t13-,14-/m1/s1. The number of aryl methyl sites for hydroxylation is 2. The van der Waals surface area contributed by atoms with Crippen LogP contribution in [0, 0.1) is 13.8 Å². The predicted molar refractivity (Wildman–Crippen MR) is 103 cm³/mol. The van der Waals surface area contributed by atoms with Crippen LogP contribution in [0.4, 0.5) is 5.69 Å². The number of nitrogens with zero attached hydrogens (tertiary/aromatic N) is 2. The van der Waals surface area contributed by atoms with Crippen LogP contribution in [0.1, 0.15) is 11.1 Å². The van der Waals surface area contributed by atoms with Crippen molar-refractivity contribution >= 4 is 44.3 Å². The minimum atomic E-state index is -3.13. The van der Waals surface area contributed by atoms with E-state index in [1.807, 2.05) is 36.9 Å². The molecule has 0 saturated carbocycles. The molecule has 27 heavy (non-hydrogen) atoms. The van der Waals surface area contributed by atoms with E-state index in [1.165, 1.54) is 11.8 Å². The second kappa shape index (κ2) is 7.61. The highest BCUT2D eigenvalue weighted by Crippen LogP contribution is 2.41. The number of sulfone groups is 1. The number of carbonyl (C=O) groups excluding carboxylic acids is 1. The van der Waals surface area contributed by atoms with Gasteiger partial charge >= 0.3 is 5.97 Å². The molecular weight excluding hydrogens is 392 g/mol. The molecule has 146 valence electrons.